The van der Waals surface area contributed by atoms with Crippen LogP contribution in [0.4, 0.5) is 9.59 Å². The standard InChI is InChI=1S/C40H69N3O15S/c1-20-16-17-25(18-42-36(46)56-39(9,10)11)52-34(20)54-31-28(43-37(47)57-40(12,13)14)29(51-24(5)44)23(4)30(32(31)58-59(15,48)49)53-35-22(3)26(21(2)19-50-35)27(41)33(45)55-38(6,7)8/h19-20,22-23,25-32,34-35H,16-18,41H2,1-15H3,(H,42,46)(H,43,47)/t20?,22?,23-,25?,26+,27?,28+,29?,30+,31?,32?,34-,35-/m1/s1. The lowest BCUT2D eigenvalue weighted by Gasteiger charge is -2.51. The third kappa shape index (κ3) is 15.3. The number of esters is 2. The van der Waals surface area contributed by atoms with Crippen LogP contribution >= 0.6 is 0 Å². The monoisotopic (exact) mass is 863 g/mol. The normalized spacial score (nSPS) is 32.4. The Labute approximate surface area is 349 Å². The van der Waals surface area contributed by atoms with Gasteiger partial charge >= 0.3 is 24.1 Å². The number of ether oxygens (including phenoxy) is 8. The van der Waals surface area contributed by atoms with E-state index in [0.717, 1.165) is 6.26 Å². The van der Waals surface area contributed by atoms with Gasteiger partial charge in [0, 0.05) is 37.1 Å². The molecule has 0 spiro atoms. The molecule has 7 unspecified atom stereocenters. The molecule has 4 N–H and O–H groups in total. The molecule has 0 aromatic rings. The fourth-order valence-corrected chi connectivity index (χ4v) is 8.03. The summed E-state index contributed by atoms with van der Waals surface area (Å²) in [5, 5.41) is 5.48. The summed E-state index contributed by atoms with van der Waals surface area (Å²) >= 11 is 0. The van der Waals surface area contributed by atoms with E-state index in [2.05, 4.69) is 10.6 Å². The molecule has 19 heteroatoms. The Hall–Kier alpha value is -3.23. The predicted molar refractivity (Wildman–Crippen MR) is 214 cm³/mol. The number of amides is 2. The van der Waals surface area contributed by atoms with Gasteiger partial charge < -0.3 is 54.3 Å². The van der Waals surface area contributed by atoms with Crippen LogP contribution in [0.15, 0.2) is 11.8 Å². The third-order valence-corrected chi connectivity index (χ3v) is 10.4. The summed E-state index contributed by atoms with van der Waals surface area (Å²) in [4.78, 5) is 51.9. The fourth-order valence-electron chi connectivity index (χ4n) is 7.40. The second kappa shape index (κ2) is 19.6. The minimum absolute atomic E-state index is 0.0737. The molecule has 1 saturated heterocycles. The van der Waals surface area contributed by atoms with E-state index in [1.165, 1.54) is 13.2 Å². The summed E-state index contributed by atoms with van der Waals surface area (Å²) in [6.45, 7) is 23.7. The quantitative estimate of drug-likeness (QED) is 0.140. The third-order valence-electron chi connectivity index (χ3n) is 9.83. The maximum Gasteiger partial charge on any atom is 0.408 e. The lowest BCUT2D eigenvalue weighted by molar-refractivity contribution is -0.293. The number of alkyl carbamates (subject to hydrolysis) is 2. The van der Waals surface area contributed by atoms with E-state index >= 15 is 0 Å². The van der Waals surface area contributed by atoms with Crippen molar-refractivity contribution in [1.29, 1.82) is 0 Å². The van der Waals surface area contributed by atoms with Gasteiger partial charge in [-0.2, -0.15) is 8.42 Å². The molecular formula is C40H69N3O15S. The number of nitrogens with one attached hydrogen (secondary N) is 2. The molecule has 2 amide bonds. The maximum atomic E-state index is 13.5. The van der Waals surface area contributed by atoms with Gasteiger partial charge in [-0.25, -0.2) is 9.59 Å². The van der Waals surface area contributed by atoms with Crippen LogP contribution in [-0.4, -0.2) is 117 Å². The molecule has 13 atom stereocenters. The Morgan fingerprint density at radius 2 is 1.37 bits per heavy atom. The molecule has 0 radical (unpaired) electrons. The highest BCUT2D eigenvalue weighted by Crippen LogP contribution is 2.41. The summed E-state index contributed by atoms with van der Waals surface area (Å²) in [5.74, 6) is -3.77. The number of hydrogen-bond donors (Lipinski definition) is 3. The molecular weight excluding hydrogens is 795 g/mol. The maximum absolute atomic E-state index is 13.5. The first-order chi connectivity index (χ1) is 26.9. The highest BCUT2D eigenvalue weighted by atomic mass is 32.2. The molecule has 0 bridgehead atoms. The second-order valence-electron chi connectivity index (χ2n) is 18.9. The highest BCUT2D eigenvalue weighted by Gasteiger charge is 2.57. The average molecular weight is 864 g/mol. The summed E-state index contributed by atoms with van der Waals surface area (Å²) in [5.41, 5.74) is 4.69. The van der Waals surface area contributed by atoms with Crippen LogP contribution in [0.25, 0.3) is 0 Å². The van der Waals surface area contributed by atoms with E-state index in [0.29, 0.717) is 18.4 Å². The zero-order chi connectivity index (χ0) is 45.0. The Kier molecular flexibility index (Phi) is 16.7. The van der Waals surface area contributed by atoms with E-state index in [4.69, 9.17) is 47.8 Å². The summed E-state index contributed by atoms with van der Waals surface area (Å²) in [6.07, 6.45) is -6.33. The average Bonchev–Trinajstić information content (AvgIpc) is 3.04. The largest absolute Gasteiger partial charge is 0.472 e. The Morgan fingerprint density at radius 3 is 1.92 bits per heavy atom. The first-order valence-corrected chi connectivity index (χ1v) is 22.0. The van der Waals surface area contributed by atoms with E-state index in [1.54, 1.807) is 83.1 Å². The Bertz CT molecular complexity index is 1620. The van der Waals surface area contributed by atoms with Crippen LogP contribution < -0.4 is 16.4 Å². The van der Waals surface area contributed by atoms with Crippen LogP contribution in [0.2, 0.25) is 0 Å². The highest BCUT2D eigenvalue weighted by molar-refractivity contribution is 7.86. The molecule has 1 aliphatic carbocycles. The van der Waals surface area contributed by atoms with Crippen molar-refractivity contribution >= 4 is 34.2 Å². The first-order valence-electron chi connectivity index (χ1n) is 20.1. The number of hydrogen-bond acceptors (Lipinski definition) is 16. The van der Waals surface area contributed by atoms with E-state index in [1.807, 2.05) is 6.92 Å². The van der Waals surface area contributed by atoms with Crippen molar-refractivity contribution in [3.8, 4) is 0 Å². The van der Waals surface area contributed by atoms with E-state index in [-0.39, 0.29) is 12.5 Å². The van der Waals surface area contributed by atoms with Crippen molar-refractivity contribution in [3.63, 3.8) is 0 Å². The molecule has 18 nitrogen and oxygen atoms in total. The molecule has 2 fully saturated rings. The molecule has 3 rings (SSSR count). The van der Waals surface area contributed by atoms with Gasteiger partial charge in [0.05, 0.1) is 30.8 Å². The fraction of sp³-hybridized carbons (Fsp3) is 0.850. The molecule has 1 saturated carbocycles. The molecule has 3 aliphatic rings. The van der Waals surface area contributed by atoms with Gasteiger partial charge in [-0.1, -0.05) is 20.8 Å². The van der Waals surface area contributed by atoms with Crippen molar-refractivity contribution < 1.29 is 69.7 Å². The Balaban J connectivity index is 2.10. The van der Waals surface area contributed by atoms with E-state index < -0.39 is 124 Å². The van der Waals surface area contributed by atoms with Crippen LogP contribution in [0.3, 0.4) is 0 Å². The Morgan fingerprint density at radius 1 is 0.814 bits per heavy atom. The second-order valence-corrected chi connectivity index (χ2v) is 20.5. The molecule has 340 valence electrons. The van der Waals surface area contributed by atoms with Crippen LogP contribution in [-0.2, 0) is 61.8 Å². The summed E-state index contributed by atoms with van der Waals surface area (Å²) in [6, 6.07) is -2.40. The van der Waals surface area contributed by atoms with Gasteiger partial charge in [0.2, 0.25) is 6.29 Å². The zero-order valence-electron chi connectivity index (χ0n) is 37.3. The van der Waals surface area contributed by atoms with Crippen molar-refractivity contribution in [2.75, 3.05) is 12.8 Å². The summed E-state index contributed by atoms with van der Waals surface area (Å²) in [7, 11) is -4.30. The van der Waals surface area contributed by atoms with Gasteiger partial charge in [0.1, 0.15) is 41.2 Å². The van der Waals surface area contributed by atoms with Crippen molar-refractivity contribution in [2.45, 2.75) is 182 Å². The molecule has 0 aromatic carbocycles. The molecule has 2 aliphatic heterocycles. The zero-order valence-corrected chi connectivity index (χ0v) is 38.1. The molecule has 2 heterocycles. The SMILES string of the molecule is CC(=O)OC1[C@H](NC(=O)OC(C)(C)C)C(O[C@H]2OC(CNC(=O)OC(C)(C)C)CCC2C)C(OS(C)(=O)=O)[C@@H](O[C@H]2OC=C(C)[C@H](C(N)C(=O)OC(C)(C)C)C2C)[C@@H]1C. The van der Waals surface area contributed by atoms with Crippen molar-refractivity contribution in [3.05, 3.63) is 11.8 Å². The van der Waals surface area contributed by atoms with Crippen molar-refractivity contribution in [2.24, 2.45) is 29.4 Å². The number of rotatable bonds is 12. The molecule has 0 aromatic heterocycles. The number of nitrogens with two attached hydrogens (primary N) is 1. The lowest BCUT2D eigenvalue weighted by Crippen LogP contribution is -2.70. The van der Waals surface area contributed by atoms with Crippen LogP contribution in [0, 0.1) is 23.7 Å². The molecule has 59 heavy (non-hydrogen) atoms. The van der Waals surface area contributed by atoms with E-state index in [9.17, 15) is 27.6 Å². The van der Waals surface area contributed by atoms with Gasteiger partial charge in [0.25, 0.3) is 10.1 Å². The van der Waals surface area contributed by atoms with Crippen LogP contribution in [0.1, 0.15) is 110 Å². The number of carbonyl (C=O) groups excluding carboxylic acids is 4. The van der Waals surface area contributed by atoms with Crippen LogP contribution in [0.5, 0.6) is 0 Å². The van der Waals surface area contributed by atoms with Crippen molar-refractivity contribution in [1.82, 2.24) is 10.6 Å². The minimum atomic E-state index is -4.30. The topological polar surface area (TPSA) is 236 Å². The predicted octanol–water partition coefficient (Wildman–Crippen LogP) is 4.42. The smallest absolute Gasteiger partial charge is 0.408 e. The number of carbonyl (C=O) groups is 4. The van der Waals surface area contributed by atoms with Gasteiger partial charge in [0.15, 0.2) is 6.29 Å². The van der Waals surface area contributed by atoms with Gasteiger partial charge in [-0.15, -0.1) is 0 Å². The minimum Gasteiger partial charge on any atom is -0.472 e. The summed E-state index contributed by atoms with van der Waals surface area (Å²) < 4.78 is 80.3. The first kappa shape index (κ1) is 50.1. The van der Waals surface area contributed by atoms with Gasteiger partial charge in [-0.3, -0.25) is 13.8 Å². The lowest BCUT2D eigenvalue weighted by atomic mass is 9.76. The van der Waals surface area contributed by atoms with Gasteiger partial charge in [-0.05, 0) is 87.7 Å².